The molecular weight excluding hydrogens is 383 g/mol. The second-order valence-corrected chi connectivity index (χ2v) is 8.07. The van der Waals surface area contributed by atoms with Crippen LogP contribution >= 0.6 is 11.6 Å². The molecule has 4 aliphatic heterocycles. The molecule has 0 radical (unpaired) electrons. The molecule has 8 heteroatoms. The zero-order valence-corrected chi connectivity index (χ0v) is 16.3. The SMILES string of the molecule is O=C(N1CCN2CCC1CC2)n1nc(-c2ccc(F)c(Cl)c2)c2c1COCC2. The average Bonchev–Trinajstić information content (AvgIpc) is 2.85. The number of rotatable bonds is 1. The van der Waals surface area contributed by atoms with Crippen molar-refractivity contribution < 1.29 is 13.9 Å². The van der Waals surface area contributed by atoms with E-state index in [9.17, 15) is 9.18 Å². The number of ether oxygens (including phenoxy) is 1. The Hall–Kier alpha value is -1.96. The molecular formula is C20H22ClFN4O2. The number of nitrogens with zero attached hydrogens (tertiary/aromatic N) is 4. The van der Waals surface area contributed by atoms with Crippen LogP contribution in [0, 0.1) is 5.82 Å². The number of hydrogen-bond acceptors (Lipinski definition) is 4. The van der Waals surface area contributed by atoms with Crippen molar-refractivity contribution >= 4 is 17.6 Å². The van der Waals surface area contributed by atoms with E-state index >= 15 is 0 Å². The molecule has 0 N–H and O–H groups in total. The summed E-state index contributed by atoms with van der Waals surface area (Å²) in [5.41, 5.74) is 3.20. The highest BCUT2D eigenvalue weighted by molar-refractivity contribution is 6.31. The van der Waals surface area contributed by atoms with Crippen LogP contribution in [0.2, 0.25) is 5.02 Å². The smallest absolute Gasteiger partial charge is 0.345 e. The number of benzene rings is 1. The lowest BCUT2D eigenvalue weighted by molar-refractivity contribution is 0.103. The van der Waals surface area contributed by atoms with E-state index in [1.807, 2.05) is 4.90 Å². The van der Waals surface area contributed by atoms with Crippen LogP contribution in [0.25, 0.3) is 11.3 Å². The fourth-order valence-electron chi connectivity index (χ4n) is 4.53. The molecule has 5 heterocycles. The van der Waals surface area contributed by atoms with E-state index in [1.165, 1.54) is 10.7 Å². The summed E-state index contributed by atoms with van der Waals surface area (Å²) < 4.78 is 20.7. The molecule has 6 rings (SSSR count). The summed E-state index contributed by atoms with van der Waals surface area (Å²) in [4.78, 5) is 17.8. The zero-order chi connectivity index (χ0) is 19.3. The number of carbonyl (C=O) groups excluding carboxylic acids is 1. The first-order chi connectivity index (χ1) is 13.6. The maximum absolute atomic E-state index is 13.6. The van der Waals surface area contributed by atoms with Crippen LogP contribution in [-0.4, -0.2) is 64.4 Å². The molecule has 0 atom stereocenters. The van der Waals surface area contributed by atoms with Crippen LogP contribution < -0.4 is 0 Å². The van der Waals surface area contributed by atoms with Gasteiger partial charge in [-0.05, 0) is 37.5 Å². The van der Waals surface area contributed by atoms with E-state index in [0.717, 1.165) is 55.8 Å². The molecule has 0 spiro atoms. The molecule has 2 bridgehead atoms. The van der Waals surface area contributed by atoms with Crippen LogP contribution in [0.1, 0.15) is 24.1 Å². The highest BCUT2D eigenvalue weighted by Crippen LogP contribution is 2.32. The van der Waals surface area contributed by atoms with Gasteiger partial charge in [0.05, 0.1) is 29.6 Å². The number of hydrogen-bond donors (Lipinski definition) is 0. The molecule has 0 saturated carbocycles. The fraction of sp³-hybridized carbons (Fsp3) is 0.500. The van der Waals surface area contributed by atoms with Gasteiger partial charge in [0.1, 0.15) is 5.82 Å². The lowest BCUT2D eigenvalue weighted by Gasteiger charge is -2.31. The molecule has 3 saturated heterocycles. The molecule has 2 aromatic rings. The molecule has 148 valence electrons. The number of amides is 1. The molecule has 1 aromatic heterocycles. The van der Waals surface area contributed by atoms with E-state index < -0.39 is 5.82 Å². The second-order valence-electron chi connectivity index (χ2n) is 7.67. The summed E-state index contributed by atoms with van der Waals surface area (Å²) >= 11 is 5.98. The van der Waals surface area contributed by atoms with Crippen molar-refractivity contribution in [1.82, 2.24) is 19.6 Å². The minimum absolute atomic E-state index is 0.0535. The Morgan fingerprint density at radius 2 is 2.04 bits per heavy atom. The summed E-state index contributed by atoms with van der Waals surface area (Å²) in [6.45, 7) is 4.66. The van der Waals surface area contributed by atoms with Crippen LogP contribution in [0.5, 0.6) is 0 Å². The largest absolute Gasteiger partial charge is 0.375 e. The predicted molar refractivity (Wildman–Crippen MR) is 103 cm³/mol. The monoisotopic (exact) mass is 404 g/mol. The van der Waals surface area contributed by atoms with Crippen molar-refractivity contribution in [1.29, 1.82) is 0 Å². The third-order valence-electron chi connectivity index (χ3n) is 6.10. The maximum Gasteiger partial charge on any atom is 0.345 e. The molecule has 28 heavy (non-hydrogen) atoms. The molecule has 0 aliphatic carbocycles. The standard InChI is InChI=1S/C20H22ClFN4O2/c21-16-11-13(1-2-17(16)22)19-15-5-10-28-12-18(15)26(23-19)20(27)25-9-8-24-6-3-14(25)4-7-24/h1-2,11,14H,3-10,12H2. The van der Waals surface area contributed by atoms with Crippen molar-refractivity contribution in [2.75, 3.05) is 32.8 Å². The van der Waals surface area contributed by atoms with Crippen molar-refractivity contribution in [3.63, 3.8) is 0 Å². The van der Waals surface area contributed by atoms with E-state index in [-0.39, 0.29) is 17.1 Å². The molecule has 4 aliphatic rings. The number of aromatic nitrogens is 2. The minimum Gasteiger partial charge on any atom is -0.375 e. The normalized spacial score (nSPS) is 24.1. The van der Waals surface area contributed by atoms with Gasteiger partial charge in [-0.25, -0.2) is 9.18 Å². The Kier molecular flexibility index (Phi) is 4.61. The Morgan fingerprint density at radius 1 is 1.21 bits per heavy atom. The van der Waals surface area contributed by atoms with Crippen LogP contribution in [-0.2, 0) is 17.8 Å². The third kappa shape index (κ3) is 3.02. The Balaban J connectivity index is 1.55. The first-order valence-corrected chi connectivity index (χ1v) is 10.2. The summed E-state index contributed by atoms with van der Waals surface area (Å²) in [5.74, 6) is -0.464. The van der Waals surface area contributed by atoms with Crippen molar-refractivity contribution in [3.05, 3.63) is 40.3 Å². The van der Waals surface area contributed by atoms with Gasteiger partial charge in [0.15, 0.2) is 0 Å². The Bertz CT molecular complexity index is 923. The molecule has 0 unspecified atom stereocenters. The molecule has 1 amide bonds. The third-order valence-corrected chi connectivity index (χ3v) is 6.39. The number of fused-ring (bicyclic) bond motifs is 5. The second kappa shape index (κ2) is 7.13. The fourth-order valence-corrected chi connectivity index (χ4v) is 4.71. The van der Waals surface area contributed by atoms with Gasteiger partial charge in [0.2, 0.25) is 0 Å². The lowest BCUT2D eigenvalue weighted by Crippen LogP contribution is -2.44. The Morgan fingerprint density at radius 3 is 2.82 bits per heavy atom. The summed E-state index contributed by atoms with van der Waals surface area (Å²) in [7, 11) is 0. The van der Waals surface area contributed by atoms with Gasteiger partial charge in [-0.1, -0.05) is 11.6 Å². The first kappa shape index (κ1) is 18.1. The van der Waals surface area contributed by atoms with E-state index in [2.05, 4.69) is 10.00 Å². The molecule has 6 nitrogen and oxygen atoms in total. The summed E-state index contributed by atoms with van der Waals surface area (Å²) in [6, 6.07) is 4.75. The van der Waals surface area contributed by atoms with Crippen LogP contribution in [0.3, 0.4) is 0 Å². The van der Waals surface area contributed by atoms with Gasteiger partial charge in [0.25, 0.3) is 0 Å². The number of piperidine rings is 1. The number of carbonyl (C=O) groups is 1. The van der Waals surface area contributed by atoms with Gasteiger partial charge in [-0.15, -0.1) is 0 Å². The summed E-state index contributed by atoms with van der Waals surface area (Å²) in [6.07, 6.45) is 2.68. The van der Waals surface area contributed by atoms with Crippen LogP contribution in [0.15, 0.2) is 18.2 Å². The van der Waals surface area contributed by atoms with Gasteiger partial charge in [0, 0.05) is 43.3 Å². The number of halogens is 2. The van der Waals surface area contributed by atoms with E-state index in [4.69, 9.17) is 16.3 Å². The lowest BCUT2D eigenvalue weighted by atomic mass is 10.0. The van der Waals surface area contributed by atoms with Gasteiger partial charge >= 0.3 is 6.03 Å². The van der Waals surface area contributed by atoms with Gasteiger partial charge in [-0.2, -0.15) is 9.78 Å². The highest BCUT2D eigenvalue weighted by Gasteiger charge is 2.35. The molecule has 1 aromatic carbocycles. The van der Waals surface area contributed by atoms with Crippen molar-refractivity contribution in [2.45, 2.75) is 31.9 Å². The minimum atomic E-state index is -0.464. The van der Waals surface area contributed by atoms with Gasteiger partial charge < -0.3 is 14.5 Å². The zero-order valence-electron chi connectivity index (χ0n) is 15.5. The van der Waals surface area contributed by atoms with Crippen LogP contribution in [0.4, 0.5) is 9.18 Å². The Labute approximate surface area is 167 Å². The first-order valence-electron chi connectivity index (χ1n) is 9.79. The van der Waals surface area contributed by atoms with E-state index in [1.54, 1.807) is 12.1 Å². The van der Waals surface area contributed by atoms with Gasteiger partial charge in [-0.3, -0.25) is 0 Å². The van der Waals surface area contributed by atoms with Crippen molar-refractivity contribution in [2.24, 2.45) is 0 Å². The molecule has 3 fully saturated rings. The quantitative estimate of drug-likeness (QED) is 0.732. The van der Waals surface area contributed by atoms with E-state index in [0.29, 0.717) is 25.3 Å². The predicted octanol–water partition coefficient (Wildman–Crippen LogP) is 3.16. The summed E-state index contributed by atoms with van der Waals surface area (Å²) in [5, 5.41) is 4.73. The maximum atomic E-state index is 13.6. The average molecular weight is 405 g/mol. The topological polar surface area (TPSA) is 50.6 Å². The van der Waals surface area contributed by atoms with Crippen molar-refractivity contribution in [3.8, 4) is 11.3 Å². The highest BCUT2D eigenvalue weighted by atomic mass is 35.5.